The van der Waals surface area contributed by atoms with Crippen molar-refractivity contribution in [3.8, 4) is 0 Å². The number of nitrogen functional groups attached to an aromatic ring is 1. The van der Waals surface area contributed by atoms with Crippen LogP contribution in [0.2, 0.25) is 0 Å². The van der Waals surface area contributed by atoms with Gasteiger partial charge in [-0.1, -0.05) is 12.8 Å². The highest BCUT2D eigenvalue weighted by atomic mass is 16.5. The van der Waals surface area contributed by atoms with E-state index in [0.717, 1.165) is 18.5 Å². The number of hydrogen-bond donors (Lipinski definition) is 2. The largest absolute Gasteiger partial charge is 0.465 e. The number of methoxy groups -OCH3 is 1. The van der Waals surface area contributed by atoms with E-state index in [2.05, 4.69) is 4.90 Å². The van der Waals surface area contributed by atoms with E-state index >= 15 is 0 Å². The molecule has 1 aromatic carbocycles. The fraction of sp³-hybridized carbons (Fsp3) is 0.533. The number of carbonyl (C=O) groups is 1. The Labute approximate surface area is 119 Å². The summed E-state index contributed by atoms with van der Waals surface area (Å²) >= 11 is 0. The molecule has 0 radical (unpaired) electrons. The van der Waals surface area contributed by atoms with Crippen molar-refractivity contribution >= 4 is 17.3 Å². The quantitative estimate of drug-likeness (QED) is 0.634. The molecule has 2 rings (SSSR count). The Morgan fingerprint density at radius 2 is 2.15 bits per heavy atom. The summed E-state index contributed by atoms with van der Waals surface area (Å²) < 4.78 is 4.84. The van der Waals surface area contributed by atoms with Crippen LogP contribution < -0.4 is 10.6 Å². The van der Waals surface area contributed by atoms with E-state index in [-0.39, 0.29) is 6.61 Å². The average molecular weight is 278 g/mol. The Balaban J connectivity index is 2.38. The van der Waals surface area contributed by atoms with Crippen molar-refractivity contribution in [2.75, 3.05) is 30.9 Å². The molecule has 1 fully saturated rings. The molecule has 0 atom stereocenters. The predicted octanol–water partition coefficient (Wildman–Crippen LogP) is 1.80. The molecule has 5 heteroatoms. The number of aliphatic hydroxyl groups is 1. The van der Waals surface area contributed by atoms with Crippen molar-refractivity contribution in [1.82, 2.24) is 0 Å². The number of aliphatic hydroxyl groups excluding tert-OH is 1. The summed E-state index contributed by atoms with van der Waals surface area (Å²) in [6.07, 6.45) is 4.56. The van der Waals surface area contributed by atoms with E-state index in [1.54, 1.807) is 12.1 Å². The van der Waals surface area contributed by atoms with Gasteiger partial charge in [-0.3, -0.25) is 0 Å². The SMILES string of the molecule is COC(=O)c1cc(N)ccc1N(CCO)C1CCCC1. The number of nitrogens with zero attached hydrogens (tertiary/aromatic N) is 1. The highest BCUT2D eigenvalue weighted by Crippen LogP contribution is 2.31. The normalized spacial score (nSPS) is 15.3. The topological polar surface area (TPSA) is 75.8 Å². The van der Waals surface area contributed by atoms with Crippen LogP contribution in [-0.2, 0) is 4.74 Å². The Bertz CT molecular complexity index is 470. The lowest BCUT2D eigenvalue weighted by Crippen LogP contribution is -2.36. The summed E-state index contributed by atoms with van der Waals surface area (Å²) in [4.78, 5) is 14.1. The van der Waals surface area contributed by atoms with Crippen LogP contribution in [0.25, 0.3) is 0 Å². The molecule has 0 amide bonds. The molecule has 5 nitrogen and oxygen atoms in total. The fourth-order valence-electron chi connectivity index (χ4n) is 2.90. The third-order valence-electron chi connectivity index (χ3n) is 3.84. The van der Waals surface area contributed by atoms with Gasteiger partial charge in [0, 0.05) is 18.3 Å². The molecular weight excluding hydrogens is 256 g/mol. The number of nitrogens with two attached hydrogens (primary N) is 1. The lowest BCUT2D eigenvalue weighted by atomic mass is 10.1. The van der Waals surface area contributed by atoms with Crippen LogP contribution in [0.1, 0.15) is 36.0 Å². The number of carbonyl (C=O) groups excluding carboxylic acids is 1. The first-order chi connectivity index (χ1) is 9.67. The molecule has 1 aliphatic carbocycles. The van der Waals surface area contributed by atoms with E-state index in [1.807, 2.05) is 6.07 Å². The first-order valence-electron chi connectivity index (χ1n) is 7.02. The van der Waals surface area contributed by atoms with Crippen molar-refractivity contribution in [3.63, 3.8) is 0 Å². The first kappa shape index (κ1) is 14.7. The average Bonchev–Trinajstić information content (AvgIpc) is 2.98. The standard InChI is InChI=1S/C15H22N2O3/c1-20-15(19)13-10-11(16)6-7-14(13)17(8-9-18)12-4-2-3-5-12/h6-7,10,12,18H,2-5,8-9,16H2,1H3. The molecule has 0 unspecified atom stereocenters. The number of benzene rings is 1. The summed E-state index contributed by atoms with van der Waals surface area (Å²) in [5, 5.41) is 9.32. The van der Waals surface area contributed by atoms with Crippen LogP contribution in [0.5, 0.6) is 0 Å². The highest BCUT2D eigenvalue weighted by Gasteiger charge is 2.26. The first-order valence-corrected chi connectivity index (χ1v) is 7.02. The number of anilines is 2. The zero-order valence-corrected chi connectivity index (χ0v) is 11.8. The Hall–Kier alpha value is -1.75. The second kappa shape index (κ2) is 6.61. The smallest absolute Gasteiger partial charge is 0.340 e. The van der Waals surface area contributed by atoms with Gasteiger partial charge in [-0.05, 0) is 31.0 Å². The second-order valence-corrected chi connectivity index (χ2v) is 5.12. The fourth-order valence-corrected chi connectivity index (χ4v) is 2.90. The van der Waals surface area contributed by atoms with E-state index in [4.69, 9.17) is 10.5 Å². The number of hydrogen-bond acceptors (Lipinski definition) is 5. The van der Waals surface area contributed by atoms with Crippen LogP contribution in [0.15, 0.2) is 18.2 Å². The van der Waals surface area contributed by atoms with E-state index < -0.39 is 5.97 Å². The molecule has 1 aromatic rings. The third kappa shape index (κ3) is 3.04. The maximum absolute atomic E-state index is 11.9. The van der Waals surface area contributed by atoms with Crippen molar-refractivity contribution in [2.45, 2.75) is 31.7 Å². The Morgan fingerprint density at radius 1 is 1.45 bits per heavy atom. The second-order valence-electron chi connectivity index (χ2n) is 5.12. The van der Waals surface area contributed by atoms with E-state index in [9.17, 15) is 9.90 Å². The van der Waals surface area contributed by atoms with Gasteiger partial charge in [0.25, 0.3) is 0 Å². The van der Waals surface area contributed by atoms with Gasteiger partial charge in [0.05, 0.1) is 25.0 Å². The van der Waals surface area contributed by atoms with Crippen LogP contribution in [-0.4, -0.2) is 37.4 Å². The summed E-state index contributed by atoms with van der Waals surface area (Å²) in [7, 11) is 1.36. The molecule has 110 valence electrons. The predicted molar refractivity (Wildman–Crippen MR) is 78.9 cm³/mol. The van der Waals surface area contributed by atoms with Gasteiger partial charge in [-0.15, -0.1) is 0 Å². The summed E-state index contributed by atoms with van der Waals surface area (Å²) in [6, 6.07) is 5.63. The van der Waals surface area contributed by atoms with Gasteiger partial charge in [0.1, 0.15) is 0 Å². The molecular formula is C15H22N2O3. The summed E-state index contributed by atoms with van der Waals surface area (Å²) in [5.74, 6) is -0.395. The molecule has 0 heterocycles. The van der Waals surface area contributed by atoms with Crippen LogP contribution in [0.4, 0.5) is 11.4 Å². The molecule has 1 saturated carbocycles. The maximum atomic E-state index is 11.9. The van der Waals surface area contributed by atoms with Crippen LogP contribution >= 0.6 is 0 Å². The number of ether oxygens (including phenoxy) is 1. The maximum Gasteiger partial charge on any atom is 0.340 e. The lowest BCUT2D eigenvalue weighted by Gasteiger charge is -2.32. The van der Waals surface area contributed by atoms with Crippen molar-refractivity contribution < 1.29 is 14.6 Å². The van der Waals surface area contributed by atoms with Gasteiger partial charge < -0.3 is 20.5 Å². The van der Waals surface area contributed by atoms with E-state index in [1.165, 1.54) is 20.0 Å². The number of rotatable bonds is 5. The zero-order chi connectivity index (χ0) is 14.5. The molecule has 20 heavy (non-hydrogen) atoms. The van der Waals surface area contributed by atoms with Gasteiger partial charge in [0.2, 0.25) is 0 Å². The van der Waals surface area contributed by atoms with Crippen LogP contribution in [0, 0.1) is 0 Å². The van der Waals surface area contributed by atoms with Crippen LogP contribution in [0.3, 0.4) is 0 Å². The lowest BCUT2D eigenvalue weighted by molar-refractivity contribution is 0.0601. The van der Waals surface area contributed by atoms with Crippen molar-refractivity contribution in [3.05, 3.63) is 23.8 Å². The highest BCUT2D eigenvalue weighted by molar-refractivity contribution is 5.97. The molecule has 0 bridgehead atoms. The minimum atomic E-state index is -0.395. The van der Waals surface area contributed by atoms with Crippen molar-refractivity contribution in [1.29, 1.82) is 0 Å². The Kier molecular flexibility index (Phi) is 4.84. The molecule has 1 aliphatic rings. The van der Waals surface area contributed by atoms with Crippen molar-refractivity contribution in [2.24, 2.45) is 0 Å². The summed E-state index contributed by atoms with van der Waals surface area (Å²) in [5.41, 5.74) is 7.57. The molecule has 0 aliphatic heterocycles. The van der Waals surface area contributed by atoms with Gasteiger partial charge in [0.15, 0.2) is 0 Å². The molecule has 0 saturated heterocycles. The molecule has 0 aromatic heterocycles. The molecule has 0 spiro atoms. The Morgan fingerprint density at radius 3 is 2.75 bits per heavy atom. The van der Waals surface area contributed by atoms with Gasteiger partial charge in [-0.25, -0.2) is 4.79 Å². The monoisotopic (exact) mass is 278 g/mol. The zero-order valence-electron chi connectivity index (χ0n) is 11.8. The molecule has 3 N–H and O–H groups in total. The van der Waals surface area contributed by atoms with Gasteiger partial charge in [-0.2, -0.15) is 0 Å². The third-order valence-corrected chi connectivity index (χ3v) is 3.84. The number of esters is 1. The minimum absolute atomic E-state index is 0.0570. The van der Waals surface area contributed by atoms with E-state index in [0.29, 0.717) is 23.8 Å². The van der Waals surface area contributed by atoms with Gasteiger partial charge >= 0.3 is 5.97 Å². The minimum Gasteiger partial charge on any atom is -0.465 e. The summed E-state index contributed by atoms with van der Waals surface area (Å²) in [6.45, 7) is 0.570.